The van der Waals surface area contributed by atoms with Crippen LogP contribution in [0.3, 0.4) is 0 Å². The van der Waals surface area contributed by atoms with Crippen LogP contribution in [-0.2, 0) is 4.79 Å². The van der Waals surface area contributed by atoms with E-state index < -0.39 is 0 Å². The van der Waals surface area contributed by atoms with Gasteiger partial charge in [-0.15, -0.1) is 0 Å². The lowest BCUT2D eigenvalue weighted by atomic mass is 10.1. The Balaban J connectivity index is 1.50. The third-order valence-corrected chi connectivity index (χ3v) is 5.20. The fourth-order valence-electron chi connectivity index (χ4n) is 3.38. The maximum atomic E-state index is 12.3. The number of rotatable bonds is 5. The molecule has 1 fully saturated rings. The van der Waals surface area contributed by atoms with E-state index in [1.807, 2.05) is 18.2 Å². The van der Waals surface area contributed by atoms with Crippen LogP contribution >= 0.6 is 11.6 Å². The van der Waals surface area contributed by atoms with Crippen molar-refractivity contribution in [2.75, 3.05) is 42.9 Å². The first-order valence-electron chi connectivity index (χ1n) is 9.18. The summed E-state index contributed by atoms with van der Waals surface area (Å²) in [6.45, 7) is 7.67. The zero-order valence-corrected chi connectivity index (χ0v) is 16.5. The van der Waals surface area contributed by atoms with Crippen LogP contribution < -0.4 is 15.1 Å². The fourth-order valence-corrected chi connectivity index (χ4v) is 3.55. The van der Waals surface area contributed by atoms with Crippen molar-refractivity contribution in [3.63, 3.8) is 0 Å². The number of nitrogens with one attached hydrogen (secondary N) is 2. The maximum Gasteiger partial charge on any atom is 0.279 e. The van der Waals surface area contributed by atoms with E-state index in [9.17, 15) is 9.59 Å². The van der Waals surface area contributed by atoms with Crippen molar-refractivity contribution < 1.29 is 14.5 Å². The number of piperazine rings is 1. The largest absolute Gasteiger partial charge is 0.360 e. The smallest absolute Gasteiger partial charge is 0.279 e. The van der Waals surface area contributed by atoms with E-state index in [0.717, 1.165) is 36.9 Å². The molecule has 0 saturated carbocycles. The van der Waals surface area contributed by atoms with E-state index in [4.69, 9.17) is 11.6 Å². The summed E-state index contributed by atoms with van der Waals surface area (Å²) in [5, 5.41) is 3.66. The number of ketones is 1. The predicted molar refractivity (Wildman–Crippen MR) is 109 cm³/mol. The molecule has 1 amide bonds. The van der Waals surface area contributed by atoms with Crippen LogP contribution in [0.2, 0.25) is 5.02 Å². The fraction of sp³-hybridized carbons (Fsp3) is 0.333. The van der Waals surface area contributed by atoms with Gasteiger partial charge in [0.15, 0.2) is 12.3 Å². The summed E-state index contributed by atoms with van der Waals surface area (Å²) in [5.41, 5.74) is 3.76. The Morgan fingerprint density at radius 1 is 1.11 bits per heavy atom. The van der Waals surface area contributed by atoms with Gasteiger partial charge in [-0.3, -0.25) is 9.59 Å². The lowest BCUT2D eigenvalue weighted by molar-refractivity contribution is -0.892. The van der Waals surface area contributed by atoms with Gasteiger partial charge in [0.2, 0.25) is 0 Å². The number of aryl methyl sites for hydroxylation is 1. The molecule has 3 rings (SSSR count). The molecule has 1 aliphatic heterocycles. The van der Waals surface area contributed by atoms with Crippen LogP contribution in [0.1, 0.15) is 22.8 Å². The van der Waals surface area contributed by atoms with Gasteiger partial charge in [-0.25, -0.2) is 0 Å². The van der Waals surface area contributed by atoms with Crippen molar-refractivity contribution in [1.82, 2.24) is 0 Å². The number of carbonyl (C=O) groups is 2. The molecule has 27 heavy (non-hydrogen) atoms. The third-order valence-electron chi connectivity index (χ3n) is 4.97. The molecule has 142 valence electrons. The molecule has 0 radical (unpaired) electrons. The molecule has 0 atom stereocenters. The average Bonchev–Trinajstić information content (AvgIpc) is 2.65. The minimum atomic E-state index is -0.00652. The van der Waals surface area contributed by atoms with E-state index >= 15 is 0 Å². The number of Topliss-reactive ketones (excluding diaryl/α,β-unsaturated/α-hetero) is 1. The van der Waals surface area contributed by atoms with E-state index in [-0.39, 0.29) is 11.7 Å². The Labute approximate surface area is 164 Å². The van der Waals surface area contributed by atoms with E-state index in [0.29, 0.717) is 12.1 Å². The molecule has 0 unspecified atom stereocenters. The second-order valence-corrected chi connectivity index (χ2v) is 7.46. The highest BCUT2D eigenvalue weighted by molar-refractivity contribution is 6.30. The van der Waals surface area contributed by atoms with Gasteiger partial charge in [0.1, 0.15) is 0 Å². The molecule has 0 aliphatic carbocycles. The molecule has 2 N–H and O–H groups in total. The van der Waals surface area contributed by atoms with Crippen molar-refractivity contribution in [2.45, 2.75) is 13.8 Å². The molecule has 5 nitrogen and oxygen atoms in total. The number of hydrogen-bond donors (Lipinski definition) is 2. The van der Waals surface area contributed by atoms with Crippen molar-refractivity contribution in [3.05, 3.63) is 58.6 Å². The van der Waals surface area contributed by atoms with E-state index in [2.05, 4.69) is 17.1 Å². The van der Waals surface area contributed by atoms with E-state index in [1.165, 1.54) is 23.1 Å². The molecule has 0 bridgehead atoms. The zero-order valence-electron chi connectivity index (χ0n) is 15.7. The first-order chi connectivity index (χ1) is 12.9. The summed E-state index contributed by atoms with van der Waals surface area (Å²) in [4.78, 5) is 27.2. The summed E-state index contributed by atoms with van der Waals surface area (Å²) in [6.07, 6.45) is 0. The van der Waals surface area contributed by atoms with Gasteiger partial charge in [0.25, 0.3) is 5.91 Å². The predicted octanol–water partition coefficient (Wildman–Crippen LogP) is 2.19. The Bertz CT molecular complexity index is 828. The summed E-state index contributed by atoms with van der Waals surface area (Å²) < 4.78 is 0. The molecular weight excluding hydrogens is 362 g/mol. The molecule has 6 heteroatoms. The second kappa shape index (κ2) is 8.55. The molecule has 1 saturated heterocycles. The number of benzene rings is 2. The standard InChI is InChI=1S/C21H24ClN3O2/c1-15-3-6-18(22)13-20(15)25-11-9-24(10-12-25)14-21(27)23-19-7-4-17(5-8-19)16(2)26/h3-8,13H,9-12,14H2,1-2H3,(H,23,27)/p+1. The number of nitrogens with zero attached hydrogens (tertiary/aromatic N) is 1. The minimum Gasteiger partial charge on any atom is -0.360 e. The molecule has 2 aromatic carbocycles. The Hall–Kier alpha value is -2.37. The molecule has 0 aromatic heterocycles. The molecular formula is C21H25ClN3O2+. The number of carbonyl (C=O) groups excluding carboxylic acids is 2. The highest BCUT2D eigenvalue weighted by Gasteiger charge is 2.23. The summed E-state index contributed by atoms with van der Waals surface area (Å²) >= 11 is 6.13. The third kappa shape index (κ3) is 5.08. The Morgan fingerprint density at radius 3 is 2.41 bits per heavy atom. The second-order valence-electron chi connectivity index (χ2n) is 7.03. The van der Waals surface area contributed by atoms with E-state index in [1.54, 1.807) is 24.3 Å². The van der Waals surface area contributed by atoms with Crippen LogP contribution in [0.4, 0.5) is 11.4 Å². The highest BCUT2D eigenvalue weighted by Crippen LogP contribution is 2.24. The van der Waals surface area contributed by atoms with Crippen molar-refractivity contribution in [3.8, 4) is 0 Å². The van der Waals surface area contributed by atoms with Crippen LogP contribution in [0.25, 0.3) is 0 Å². The van der Waals surface area contributed by atoms with Crippen molar-refractivity contribution in [1.29, 1.82) is 0 Å². The number of amides is 1. The molecule has 1 heterocycles. The van der Waals surface area contributed by atoms with Gasteiger partial charge in [0.05, 0.1) is 26.2 Å². The summed E-state index contributed by atoms with van der Waals surface area (Å²) in [5.74, 6) is 0.0121. The van der Waals surface area contributed by atoms with Gasteiger partial charge < -0.3 is 15.1 Å². The van der Waals surface area contributed by atoms with Crippen LogP contribution in [-0.4, -0.2) is 44.4 Å². The van der Waals surface area contributed by atoms with Gasteiger partial charge >= 0.3 is 0 Å². The number of quaternary nitrogens is 1. The van der Waals surface area contributed by atoms with Crippen LogP contribution in [0.5, 0.6) is 0 Å². The normalized spacial score (nSPS) is 14.9. The highest BCUT2D eigenvalue weighted by atomic mass is 35.5. The zero-order chi connectivity index (χ0) is 19.4. The monoisotopic (exact) mass is 386 g/mol. The van der Waals surface area contributed by atoms with Crippen LogP contribution in [0.15, 0.2) is 42.5 Å². The lowest BCUT2D eigenvalue weighted by Crippen LogP contribution is -3.15. The molecule has 2 aromatic rings. The molecule has 1 aliphatic rings. The SMILES string of the molecule is CC(=O)c1ccc(NC(=O)C[NH+]2CCN(c3cc(Cl)ccc3C)CC2)cc1. The number of anilines is 2. The molecule has 0 spiro atoms. The lowest BCUT2D eigenvalue weighted by Gasteiger charge is -2.34. The topological polar surface area (TPSA) is 53.9 Å². The van der Waals surface area contributed by atoms with Gasteiger partial charge in [-0.2, -0.15) is 0 Å². The quantitative estimate of drug-likeness (QED) is 0.774. The van der Waals surface area contributed by atoms with Crippen molar-refractivity contribution in [2.24, 2.45) is 0 Å². The maximum absolute atomic E-state index is 12.3. The Kier molecular flexibility index (Phi) is 6.14. The average molecular weight is 387 g/mol. The first-order valence-corrected chi connectivity index (χ1v) is 9.55. The van der Waals surface area contributed by atoms with Crippen molar-refractivity contribution >= 4 is 34.7 Å². The summed E-state index contributed by atoms with van der Waals surface area (Å²) in [6, 6.07) is 13.0. The first kappa shape index (κ1) is 19.4. The van der Waals surface area contributed by atoms with Gasteiger partial charge in [-0.05, 0) is 55.8 Å². The summed E-state index contributed by atoms with van der Waals surface area (Å²) in [7, 11) is 0. The van der Waals surface area contributed by atoms with Gasteiger partial charge in [0, 0.05) is 22.0 Å². The number of halogens is 1. The minimum absolute atomic E-state index is 0.00652. The van der Waals surface area contributed by atoms with Gasteiger partial charge in [-0.1, -0.05) is 17.7 Å². The number of hydrogen-bond acceptors (Lipinski definition) is 3. The van der Waals surface area contributed by atoms with Crippen LogP contribution in [0, 0.1) is 6.92 Å². The Morgan fingerprint density at radius 2 is 1.78 bits per heavy atom.